The maximum absolute atomic E-state index is 6.12. The van der Waals surface area contributed by atoms with Gasteiger partial charge in [-0.2, -0.15) is 0 Å². The summed E-state index contributed by atoms with van der Waals surface area (Å²) in [6.07, 6.45) is 5.01. The van der Waals surface area contributed by atoms with Crippen LogP contribution < -0.4 is 5.48 Å². The van der Waals surface area contributed by atoms with Crippen molar-refractivity contribution >= 4 is 45.6 Å². The van der Waals surface area contributed by atoms with Gasteiger partial charge in [0.1, 0.15) is 11.4 Å². The van der Waals surface area contributed by atoms with Crippen LogP contribution in [0.3, 0.4) is 0 Å². The molecule has 4 saturated heterocycles. The molecule has 5 nitrogen and oxygen atoms in total. The van der Waals surface area contributed by atoms with Gasteiger partial charge in [-0.3, -0.25) is 10.3 Å². The van der Waals surface area contributed by atoms with E-state index in [1.807, 2.05) is 18.2 Å². The van der Waals surface area contributed by atoms with Gasteiger partial charge < -0.3 is 4.90 Å². The number of hydrogen-bond donors (Lipinski definition) is 1. The second-order valence-corrected chi connectivity index (χ2v) is 8.02. The van der Waals surface area contributed by atoms with Crippen molar-refractivity contribution in [3.05, 3.63) is 34.4 Å². The minimum atomic E-state index is -0.122. The Hall–Kier alpha value is -1.40. The van der Waals surface area contributed by atoms with Crippen LogP contribution in [0.1, 0.15) is 19.3 Å². The Kier molecular flexibility index (Phi) is 3.68. The average molecular weight is 377 g/mol. The summed E-state index contributed by atoms with van der Waals surface area (Å²) in [5.41, 5.74) is 2.93. The third-order valence-electron chi connectivity index (χ3n) is 5.66. The fourth-order valence-electron chi connectivity index (χ4n) is 4.34. The van der Waals surface area contributed by atoms with Crippen LogP contribution in [-0.2, 0) is 4.84 Å². The Balaban J connectivity index is 1.43. The average Bonchev–Trinajstić information content (AvgIpc) is 2.99. The van der Waals surface area contributed by atoms with Crippen LogP contribution in [0, 0.1) is 5.92 Å². The first kappa shape index (κ1) is 15.8. The van der Waals surface area contributed by atoms with E-state index in [-0.39, 0.29) is 5.60 Å². The highest BCUT2D eigenvalue weighted by molar-refractivity contribution is 6.42. The SMILES string of the molecule is Clc1cc2cnc(N=C3C[C@@]4(CN5CCC4CC5)ON3)cc2cc1Cl. The van der Waals surface area contributed by atoms with Gasteiger partial charge in [-0.1, -0.05) is 23.2 Å². The van der Waals surface area contributed by atoms with Crippen molar-refractivity contribution in [3.63, 3.8) is 0 Å². The first-order valence-corrected chi connectivity index (χ1v) is 9.36. The Morgan fingerprint density at radius 1 is 1.16 bits per heavy atom. The number of benzene rings is 1. The summed E-state index contributed by atoms with van der Waals surface area (Å²) in [6, 6.07) is 5.59. The summed E-state index contributed by atoms with van der Waals surface area (Å²) in [5.74, 6) is 2.11. The largest absolute Gasteiger partial charge is 0.300 e. The van der Waals surface area contributed by atoms with Gasteiger partial charge in [0, 0.05) is 24.5 Å². The lowest BCUT2D eigenvalue weighted by molar-refractivity contribution is -0.150. The normalized spacial score (nSPS) is 32.6. The van der Waals surface area contributed by atoms with E-state index in [1.54, 1.807) is 6.20 Å². The molecule has 2 bridgehead atoms. The zero-order valence-corrected chi connectivity index (χ0v) is 15.1. The number of hydroxylamine groups is 1. The van der Waals surface area contributed by atoms with Crippen LogP contribution in [0.25, 0.3) is 10.8 Å². The number of rotatable bonds is 1. The van der Waals surface area contributed by atoms with Crippen molar-refractivity contribution in [1.29, 1.82) is 0 Å². The van der Waals surface area contributed by atoms with Crippen LogP contribution in [0.15, 0.2) is 29.4 Å². The topological polar surface area (TPSA) is 49.8 Å². The number of piperidine rings is 3. The number of aliphatic imine (C=N–C) groups is 1. The first-order valence-electron chi connectivity index (χ1n) is 8.60. The van der Waals surface area contributed by atoms with E-state index in [2.05, 4.69) is 20.4 Å². The van der Waals surface area contributed by atoms with E-state index < -0.39 is 0 Å². The maximum atomic E-state index is 6.12. The molecule has 5 heterocycles. The molecule has 0 unspecified atom stereocenters. The predicted molar refractivity (Wildman–Crippen MR) is 99.6 cm³/mol. The number of hydrogen-bond acceptors (Lipinski definition) is 4. The monoisotopic (exact) mass is 376 g/mol. The number of pyridine rings is 1. The zero-order chi connectivity index (χ0) is 17.0. The van der Waals surface area contributed by atoms with Crippen molar-refractivity contribution in [2.24, 2.45) is 10.9 Å². The Morgan fingerprint density at radius 2 is 1.92 bits per heavy atom. The molecule has 1 atom stereocenters. The maximum Gasteiger partial charge on any atom is 0.154 e. The molecule has 0 saturated carbocycles. The van der Waals surface area contributed by atoms with E-state index in [0.29, 0.717) is 21.8 Å². The van der Waals surface area contributed by atoms with E-state index in [4.69, 9.17) is 28.0 Å². The van der Waals surface area contributed by atoms with Crippen LogP contribution in [0.2, 0.25) is 10.0 Å². The number of amidine groups is 1. The molecule has 1 aromatic heterocycles. The van der Waals surface area contributed by atoms with Gasteiger partial charge in [0.2, 0.25) is 0 Å². The molecule has 4 fully saturated rings. The van der Waals surface area contributed by atoms with Crippen molar-refractivity contribution in [3.8, 4) is 0 Å². The van der Waals surface area contributed by atoms with Crippen LogP contribution in [0.4, 0.5) is 5.82 Å². The molecule has 4 aliphatic rings. The zero-order valence-electron chi connectivity index (χ0n) is 13.6. The second-order valence-electron chi connectivity index (χ2n) is 7.21. The van der Waals surface area contributed by atoms with Crippen LogP contribution >= 0.6 is 23.2 Å². The summed E-state index contributed by atoms with van der Waals surface area (Å²) in [6.45, 7) is 3.37. The summed E-state index contributed by atoms with van der Waals surface area (Å²) < 4.78 is 0. The molecule has 6 rings (SSSR count). The standard InChI is InChI=1S/C18H18Cl2N4O/c19-14-5-11-7-16(21-9-12(11)6-15(14)20)22-17-8-18(25-23-17)10-24-3-1-13(18)2-4-24/h5-7,9,13H,1-4,8,10H2,(H,21,22,23)/t18-/m0/s1. The molecule has 130 valence electrons. The molecule has 1 aromatic carbocycles. The van der Waals surface area contributed by atoms with E-state index in [0.717, 1.165) is 29.6 Å². The molecule has 0 amide bonds. The number of halogens is 2. The van der Waals surface area contributed by atoms with Crippen molar-refractivity contribution in [2.75, 3.05) is 19.6 Å². The molecule has 25 heavy (non-hydrogen) atoms. The number of nitrogens with one attached hydrogen (secondary N) is 1. The highest BCUT2D eigenvalue weighted by Gasteiger charge is 2.52. The van der Waals surface area contributed by atoms with Crippen LogP contribution in [0.5, 0.6) is 0 Å². The molecule has 0 radical (unpaired) electrons. The second kappa shape index (κ2) is 5.81. The van der Waals surface area contributed by atoms with E-state index >= 15 is 0 Å². The highest BCUT2D eigenvalue weighted by Crippen LogP contribution is 2.42. The quantitative estimate of drug-likeness (QED) is 0.818. The van der Waals surface area contributed by atoms with Gasteiger partial charge in [-0.05, 0) is 55.4 Å². The predicted octanol–water partition coefficient (Wildman–Crippen LogP) is 3.96. The summed E-state index contributed by atoms with van der Waals surface area (Å²) >= 11 is 12.2. The molecule has 7 heteroatoms. The van der Waals surface area contributed by atoms with Gasteiger partial charge in [-0.15, -0.1) is 0 Å². The molecule has 1 spiro atoms. The van der Waals surface area contributed by atoms with Gasteiger partial charge >= 0.3 is 0 Å². The molecule has 4 aliphatic heterocycles. The Morgan fingerprint density at radius 3 is 2.64 bits per heavy atom. The number of aromatic nitrogens is 1. The molecular formula is C18H18Cl2N4O. The smallest absolute Gasteiger partial charge is 0.154 e. The van der Waals surface area contributed by atoms with Gasteiger partial charge in [-0.25, -0.2) is 9.98 Å². The van der Waals surface area contributed by atoms with E-state index in [1.165, 1.54) is 25.9 Å². The van der Waals surface area contributed by atoms with Crippen molar-refractivity contribution < 1.29 is 4.84 Å². The Labute approximate surface area is 155 Å². The number of fused-ring (bicyclic) bond motifs is 3. The van der Waals surface area contributed by atoms with Gasteiger partial charge in [0.05, 0.1) is 10.0 Å². The summed E-state index contributed by atoms with van der Waals surface area (Å²) in [7, 11) is 0. The Bertz CT molecular complexity index is 879. The fourth-order valence-corrected chi connectivity index (χ4v) is 4.69. The minimum Gasteiger partial charge on any atom is -0.300 e. The number of nitrogens with zero attached hydrogens (tertiary/aromatic N) is 3. The van der Waals surface area contributed by atoms with Crippen LogP contribution in [-0.4, -0.2) is 41.0 Å². The lowest BCUT2D eigenvalue weighted by atomic mass is 9.74. The highest BCUT2D eigenvalue weighted by atomic mass is 35.5. The van der Waals surface area contributed by atoms with E-state index in [9.17, 15) is 0 Å². The van der Waals surface area contributed by atoms with Crippen molar-refractivity contribution in [2.45, 2.75) is 24.9 Å². The van der Waals surface area contributed by atoms with Gasteiger partial charge in [0.15, 0.2) is 5.82 Å². The minimum absolute atomic E-state index is 0.122. The lowest BCUT2D eigenvalue weighted by Gasteiger charge is -2.49. The molecule has 0 aliphatic carbocycles. The molecular weight excluding hydrogens is 359 g/mol. The lowest BCUT2D eigenvalue weighted by Crippen LogP contribution is -2.59. The third kappa shape index (κ3) is 2.70. The molecule has 1 N–H and O–H groups in total. The van der Waals surface area contributed by atoms with Crippen molar-refractivity contribution in [1.82, 2.24) is 15.4 Å². The summed E-state index contributed by atoms with van der Waals surface area (Å²) in [5, 5.41) is 2.99. The fraction of sp³-hybridized carbons (Fsp3) is 0.444. The third-order valence-corrected chi connectivity index (χ3v) is 6.38. The molecule has 2 aromatic rings. The van der Waals surface area contributed by atoms with Gasteiger partial charge in [0.25, 0.3) is 0 Å². The summed E-state index contributed by atoms with van der Waals surface area (Å²) in [4.78, 5) is 17.6. The first-order chi connectivity index (χ1) is 12.1.